The van der Waals surface area contributed by atoms with Gasteiger partial charge in [-0.05, 0) is 86.9 Å². The van der Waals surface area contributed by atoms with Crippen LogP contribution in [-0.4, -0.2) is 46.2 Å². The molecule has 0 saturated heterocycles. The highest BCUT2D eigenvalue weighted by Crippen LogP contribution is 2.31. The highest BCUT2D eigenvalue weighted by atomic mass is 32.2. The summed E-state index contributed by atoms with van der Waals surface area (Å²) in [5.41, 5.74) is 2.63. The number of carbonyl (C=O) groups excluding carboxylic acids is 3. The molecule has 1 aliphatic rings. The van der Waals surface area contributed by atoms with E-state index in [0.717, 1.165) is 32.1 Å². The molecule has 3 aromatic carbocycles. The highest BCUT2D eigenvalue weighted by molar-refractivity contribution is 7.99. The second-order valence-corrected chi connectivity index (χ2v) is 12.1. The van der Waals surface area contributed by atoms with Crippen molar-refractivity contribution in [2.75, 3.05) is 24.2 Å². The van der Waals surface area contributed by atoms with Gasteiger partial charge in [-0.1, -0.05) is 54.2 Å². The molecule has 10 heteroatoms. The lowest BCUT2D eigenvalue weighted by atomic mass is 9.81. The molecule has 0 radical (unpaired) electrons. The van der Waals surface area contributed by atoms with E-state index in [0.29, 0.717) is 40.4 Å². The van der Waals surface area contributed by atoms with Gasteiger partial charge in [0.25, 0.3) is 5.56 Å². The van der Waals surface area contributed by atoms with Crippen molar-refractivity contribution < 1.29 is 19.1 Å². The van der Waals surface area contributed by atoms with E-state index in [9.17, 15) is 19.2 Å². The molecule has 0 aliphatic heterocycles. The molecule has 4 aromatic rings. The summed E-state index contributed by atoms with van der Waals surface area (Å²) >= 11 is 1.22. The number of aromatic nitrogens is 2. The minimum atomic E-state index is -0.415. The molecule has 1 saturated carbocycles. The first-order chi connectivity index (χ1) is 21.9. The largest absolute Gasteiger partial charge is 0.462 e. The smallest absolute Gasteiger partial charge is 0.338 e. The molecule has 1 heterocycles. The Morgan fingerprint density at radius 1 is 0.933 bits per heavy atom. The molecule has 2 N–H and O–H groups in total. The van der Waals surface area contributed by atoms with Crippen molar-refractivity contribution in [3.8, 4) is 0 Å². The highest BCUT2D eigenvalue weighted by Gasteiger charge is 2.27. The van der Waals surface area contributed by atoms with Crippen LogP contribution in [0.1, 0.15) is 48.5 Å². The molecule has 0 spiro atoms. The minimum Gasteiger partial charge on any atom is -0.462 e. The number of fused-ring (bicyclic) bond motifs is 1. The van der Waals surface area contributed by atoms with E-state index in [2.05, 4.69) is 22.8 Å². The molecule has 0 bridgehead atoms. The number of nitrogens with zero attached hydrogens (tertiary/aromatic N) is 2. The Morgan fingerprint density at radius 2 is 1.64 bits per heavy atom. The summed E-state index contributed by atoms with van der Waals surface area (Å²) in [6.07, 6.45) is 4.03. The number of amides is 2. The van der Waals surface area contributed by atoms with Crippen LogP contribution in [-0.2, 0) is 27.3 Å². The summed E-state index contributed by atoms with van der Waals surface area (Å²) in [4.78, 5) is 55.9. The first-order valence-electron chi connectivity index (χ1n) is 15.4. The van der Waals surface area contributed by atoms with Gasteiger partial charge in [0, 0.05) is 24.7 Å². The number of para-hydroxylation sites is 1. The SMILES string of the molecule is CCOC(=O)c1ccc(NC(=O)CSc2nc3ccccc3c(=O)n2CC2CCC(C(=O)NCCc3ccccc3)CC2)cc1. The molecule has 1 aromatic heterocycles. The van der Waals surface area contributed by atoms with E-state index in [1.165, 1.54) is 17.3 Å². The van der Waals surface area contributed by atoms with Crippen LogP contribution < -0.4 is 16.2 Å². The second kappa shape index (κ2) is 15.5. The zero-order valence-electron chi connectivity index (χ0n) is 25.4. The van der Waals surface area contributed by atoms with Crippen LogP contribution >= 0.6 is 11.8 Å². The number of hydrogen-bond donors (Lipinski definition) is 2. The maximum atomic E-state index is 13.6. The third-order valence-electron chi connectivity index (χ3n) is 8.05. The Labute approximate surface area is 266 Å². The van der Waals surface area contributed by atoms with Crippen molar-refractivity contribution in [3.05, 3.63) is 100 Å². The van der Waals surface area contributed by atoms with Crippen LogP contribution in [0.2, 0.25) is 0 Å². The number of esters is 1. The van der Waals surface area contributed by atoms with Gasteiger partial charge in [-0.2, -0.15) is 0 Å². The van der Waals surface area contributed by atoms with Crippen molar-refractivity contribution >= 4 is 46.1 Å². The third kappa shape index (κ3) is 8.60. The van der Waals surface area contributed by atoms with Crippen LogP contribution in [0.3, 0.4) is 0 Å². The van der Waals surface area contributed by atoms with Crippen LogP contribution in [0.4, 0.5) is 5.69 Å². The molecule has 1 aliphatic carbocycles. The fraction of sp³-hybridized carbons (Fsp3) is 0.343. The number of anilines is 1. The number of carbonyl (C=O) groups is 3. The number of benzene rings is 3. The van der Waals surface area contributed by atoms with Gasteiger partial charge in [-0.3, -0.25) is 19.0 Å². The summed E-state index contributed by atoms with van der Waals surface area (Å²) in [5.74, 6) is -0.303. The number of hydrogen-bond acceptors (Lipinski definition) is 7. The van der Waals surface area contributed by atoms with Crippen molar-refractivity contribution in [2.24, 2.45) is 11.8 Å². The Morgan fingerprint density at radius 3 is 2.38 bits per heavy atom. The first kappa shape index (κ1) is 32.0. The molecule has 234 valence electrons. The minimum absolute atomic E-state index is 0.0210. The number of rotatable bonds is 12. The van der Waals surface area contributed by atoms with Gasteiger partial charge in [-0.25, -0.2) is 9.78 Å². The molecular formula is C35H38N4O5S. The predicted molar refractivity (Wildman–Crippen MR) is 176 cm³/mol. The summed E-state index contributed by atoms with van der Waals surface area (Å²) < 4.78 is 6.70. The number of nitrogens with one attached hydrogen (secondary N) is 2. The predicted octanol–water partition coefficient (Wildman–Crippen LogP) is 5.47. The topological polar surface area (TPSA) is 119 Å². The van der Waals surface area contributed by atoms with E-state index in [1.54, 1.807) is 47.9 Å². The van der Waals surface area contributed by atoms with Gasteiger partial charge in [0.15, 0.2) is 5.16 Å². The van der Waals surface area contributed by atoms with E-state index < -0.39 is 5.97 Å². The van der Waals surface area contributed by atoms with Crippen LogP contribution in [0.25, 0.3) is 10.9 Å². The lowest BCUT2D eigenvalue weighted by Crippen LogP contribution is -2.35. The van der Waals surface area contributed by atoms with Crippen molar-refractivity contribution in [1.29, 1.82) is 0 Å². The molecule has 5 rings (SSSR count). The quantitative estimate of drug-likeness (QED) is 0.122. The Kier molecular flexibility index (Phi) is 11.0. The molecule has 1 fully saturated rings. The van der Waals surface area contributed by atoms with Crippen molar-refractivity contribution in [1.82, 2.24) is 14.9 Å². The molecule has 9 nitrogen and oxygen atoms in total. The maximum absolute atomic E-state index is 13.6. The molecule has 45 heavy (non-hydrogen) atoms. The summed E-state index contributed by atoms with van der Waals surface area (Å²) in [6.45, 7) is 3.14. The average molecular weight is 627 g/mol. The molecule has 2 amide bonds. The van der Waals surface area contributed by atoms with E-state index >= 15 is 0 Å². The zero-order chi connectivity index (χ0) is 31.6. The van der Waals surface area contributed by atoms with Gasteiger partial charge in [-0.15, -0.1) is 0 Å². The summed E-state index contributed by atoms with van der Waals surface area (Å²) in [7, 11) is 0. The monoisotopic (exact) mass is 626 g/mol. The van der Waals surface area contributed by atoms with Gasteiger partial charge in [0.05, 0.1) is 28.8 Å². The van der Waals surface area contributed by atoms with Gasteiger partial charge in [0.2, 0.25) is 11.8 Å². The number of thioether (sulfide) groups is 1. The lowest BCUT2D eigenvalue weighted by Gasteiger charge is -2.28. The van der Waals surface area contributed by atoms with Crippen LogP contribution in [0.15, 0.2) is 88.8 Å². The third-order valence-corrected chi connectivity index (χ3v) is 9.03. The standard InChI is InChI=1S/C35H38N4O5S/c1-2-44-34(43)27-16-18-28(19-17-27)37-31(40)23-45-35-38-30-11-7-6-10-29(30)33(42)39(35)22-25-12-14-26(15-13-25)32(41)36-21-20-24-8-4-3-5-9-24/h3-11,16-19,25-26H,2,12-15,20-23H2,1H3,(H,36,41)(H,37,40). The van der Waals surface area contributed by atoms with E-state index in [-0.39, 0.29) is 41.6 Å². The summed E-state index contributed by atoms with van der Waals surface area (Å²) in [6, 6.07) is 23.9. The van der Waals surface area contributed by atoms with Gasteiger partial charge < -0.3 is 15.4 Å². The average Bonchev–Trinajstić information content (AvgIpc) is 3.06. The van der Waals surface area contributed by atoms with Crippen molar-refractivity contribution in [3.63, 3.8) is 0 Å². The van der Waals surface area contributed by atoms with E-state index in [1.807, 2.05) is 30.3 Å². The van der Waals surface area contributed by atoms with Crippen molar-refractivity contribution in [2.45, 2.75) is 50.7 Å². The molecule has 0 atom stereocenters. The molecular weight excluding hydrogens is 588 g/mol. The Hall–Kier alpha value is -4.44. The fourth-order valence-corrected chi connectivity index (χ4v) is 6.44. The Bertz CT molecular complexity index is 1680. The molecule has 0 unspecified atom stereocenters. The second-order valence-electron chi connectivity index (χ2n) is 11.2. The first-order valence-corrected chi connectivity index (χ1v) is 16.4. The van der Waals surface area contributed by atoms with Gasteiger partial charge in [0.1, 0.15) is 0 Å². The lowest BCUT2D eigenvalue weighted by molar-refractivity contribution is -0.126. The van der Waals surface area contributed by atoms with E-state index in [4.69, 9.17) is 9.72 Å². The Balaban J connectivity index is 1.19. The zero-order valence-corrected chi connectivity index (χ0v) is 26.2. The summed E-state index contributed by atoms with van der Waals surface area (Å²) in [5, 5.41) is 6.97. The fourth-order valence-electron chi connectivity index (χ4n) is 5.63. The van der Waals surface area contributed by atoms with Gasteiger partial charge >= 0.3 is 5.97 Å². The van der Waals surface area contributed by atoms with Crippen LogP contribution in [0.5, 0.6) is 0 Å². The maximum Gasteiger partial charge on any atom is 0.338 e. The normalized spacial score (nSPS) is 16.2. The number of ether oxygens (including phenoxy) is 1. The van der Waals surface area contributed by atoms with Crippen LogP contribution in [0, 0.1) is 11.8 Å².